The lowest BCUT2D eigenvalue weighted by molar-refractivity contribution is 0.825. The quantitative estimate of drug-likeness (QED) is 0.497. The molecule has 4 nitrogen and oxygen atoms in total. The number of hydrazine groups is 1. The molecule has 1 rings (SSSR count). The minimum absolute atomic E-state index is 0.412. The zero-order valence-electron chi connectivity index (χ0n) is 10.1. The van der Waals surface area contributed by atoms with Crippen LogP contribution in [0.15, 0.2) is 18.2 Å². The van der Waals surface area contributed by atoms with Crippen LogP contribution in [0.2, 0.25) is 5.02 Å². The zero-order valence-corrected chi connectivity index (χ0v) is 12.5. The van der Waals surface area contributed by atoms with Gasteiger partial charge in [0.15, 0.2) is 10.2 Å². The Morgan fingerprint density at radius 2 is 1.89 bits per heavy atom. The molecule has 0 fully saturated rings. The Morgan fingerprint density at radius 1 is 1.22 bits per heavy atom. The predicted octanol–water partition coefficient (Wildman–Crippen LogP) is 2.33. The smallest absolute Gasteiger partial charge is 0.189 e. The molecule has 0 aliphatic heterocycles. The van der Waals surface area contributed by atoms with Gasteiger partial charge in [-0.2, -0.15) is 0 Å². The van der Waals surface area contributed by atoms with Crippen LogP contribution in [-0.2, 0) is 0 Å². The number of nitrogens with one attached hydrogen (secondary N) is 4. The number of thiocarbonyl (C=S) groups is 2. The van der Waals surface area contributed by atoms with Crippen LogP contribution in [0.5, 0.6) is 0 Å². The Bertz CT molecular complexity index is 451. The molecule has 1 aromatic carbocycles. The van der Waals surface area contributed by atoms with Crippen LogP contribution in [-0.4, -0.2) is 16.8 Å². The summed E-state index contributed by atoms with van der Waals surface area (Å²) >= 11 is 16.1. The average Bonchev–Trinajstić information content (AvgIpc) is 2.32. The van der Waals surface area contributed by atoms with Crippen molar-refractivity contribution in [3.05, 3.63) is 28.8 Å². The lowest BCUT2D eigenvalue weighted by Gasteiger charge is -2.13. The summed E-state index contributed by atoms with van der Waals surface area (Å²) in [6.07, 6.45) is 0. The summed E-state index contributed by atoms with van der Waals surface area (Å²) < 4.78 is 0. The molecule has 98 valence electrons. The van der Waals surface area contributed by atoms with E-state index in [1.54, 1.807) is 0 Å². The Balaban J connectivity index is 2.44. The van der Waals surface area contributed by atoms with E-state index in [0.29, 0.717) is 15.2 Å². The maximum atomic E-state index is 6.02. The van der Waals surface area contributed by atoms with Gasteiger partial charge in [0, 0.05) is 17.3 Å². The highest BCUT2D eigenvalue weighted by Gasteiger charge is 2.00. The van der Waals surface area contributed by atoms with Gasteiger partial charge in [-0.1, -0.05) is 17.7 Å². The van der Waals surface area contributed by atoms with Gasteiger partial charge >= 0.3 is 0 Å². The van der Waals surface area contributed by atoms with Crippen LogP contribution in [0.4, 0.5) is 5.69 Å². The van der Waals surface area contributed by atoms with E-state index in [9.17, 15) is 0 Å². The fourth-order valence-electron chi connectivity index (χ4n) is 1.15. The molecule has 0 atom stereocenters. The highest BCUT2D eigenvalue weighted by molar-refractivity contribution is 7.80. The van der Waals surface area contributed by atoms with Crippen molar-refractivity contribution in [1.29, 1.82) is 0 Å². The summed E-state index contributed by atoms with van der Waals surface area (Å²) in [4.78, 5) is 0. The Morgan fingerprint density at radius 3 is 2.50 bits per heavy atom. The van der Waals surface area contributed by atoms with Crippen molar-refractivity contribution in [2.24, 2.45) is 0 Å². The van der Waals surface area contributed by atoms with E-state index >= 15 is 0 Å². The van der Waals surface area contributed by atoms with Crippen molar-refractivity contribution >= 4 is 51.9 Å². The zero-order chi connectivity index (χ0) is 13.5. The molecule has 0 bridgehead atoms. The molecule has 7 heteroatoms. The fourth-order valence-corrected chi connectivity index (χ4v) is 1.70. The van der Waals surface area contributed by atoms with Crippen LogP contribution in [0.1, 0.15) is 12.5 Å². The second-order valence-electron chi connectivity index (χ2n) is 3.53. The molecule has 18 heavy (non-hydrogen) atoms. The second kappa shape index (κ2) is 7.35. The average molecular weight is 303 g/mol. The van der Waals surface area contributed by atoms with Gasteiger partial charge in [-0.15, -0.1) is 0 Å². The Hall–Kier alpha value is -1.11. The van der Waals surface area contributed by atoms with Crippen LogP contribution >= 0.6 is 36.0 Å². The number of halogens is 1. The lowest BCUT2D eigenvalue weighted by Crippen LogP contribution is -2.48. The number of hydrogen-bond donors (Lipinski definition) is 4. The summed E-state index contributed by atoms with van der Waals surface area (Å²) in [7, 11) is 0. The highest BCUT2D eigenvalue weighted by Crippen LogP contribution is 2.19. The predicted molar refractivity (Wildman–Crippen MR) is 85.0 cm³/mol. The molecule has 0 aliphatic carbocycles. The molecule has 0 radical (unpaired) electrons. The maximum Gasteiger partial charge on any atom is 0.189 e. The van der Waals surface area contributed by atoms with Crippen LogP contribution < -0.4 is 21.5 Å². The van der Waals surface area contributed by atoms with Crippen molar-refractivity contribution in [3.8, 4) is 0 Å². The monoisotopic (exact) mass is 302 g/mol. The van der Waals surface area contributed by atoms with Crippen molar-refractivity contribution < 1.29 is 0 Å². The molecule has 0 saturated carbocycles. The first-order chi connectivity index (χ1) is 8.52. The number of benzene rings is 1. The number of anilines is 1. The van der Waals surface area contributed by atoms with Gasteiger partial charge in [-0.3, -0.25) is 10.9 Å². The van der Waals surface area contributed by atoms with Crippen LogP contribution in [0.25, 0.3) is 0 Å². The van der Waals surface area contributed by atoms with Gasteiger partial charge in [0.25, 0.3) is 0 Å². The van der Waals surface area contributed by atoms with Crippen molar-refractivity contribution in [2.45, 2.75) is 13.8 Å². The molecule has 1 aromatic rings. The molecule has 0 saturated heterocycles. The molecule has 0 unspecified atom stereocenters. The van der Waals surface area contributed by atoms with Gasteiger partial charge in [0.2, 0.25) is 0 Å². The molecule has 0 heterocycles. The molecule has 4 N–H and O–H groups in total. The fraction of sp³-hybridized carbons (Fsp3) is 0.273. The van der Waals surface area contributed by atoms with E-state index in [-0.39, 0.29) is 0 Å². The molecule has 0 aliphatic rings. The van der Waals surface area contributed by atoms with Crippen molar-refractivity contribution in [2.75, 3.05) is 11.9 Å². The first-order valence-electron chi connectivity index (χ1n) is 5.40. The topological polar surface area (TPSA) is 48.1 Å². The normalized spacial score (nSPS) is 9.50. The minimum atomic E-state index is 0.412. The highest BCUT2D eigenvalue weighted by atomic mass is 35.5. The maximum absolute atomic E-state index is 6.02. The summed E-state index contributed by atoms with van der Waals surface area (Å²) in [5.41, 5.74) is 7.38. The largest absolute Gasteiger partial charge is 0.362 e. The van der Waals surface area contributed by atoms with Gasteiger partial charge in [-0.25, -0.2) is 0 Å². The van der Waals surface area contributed by atoms with Crippen LogP contribution in [0, 0.1) is 6.92 Å². The van der Waals surface area contributed by atoms with E-state index in [0.717, 1.165) is 17.8 Å². The number of aryl methyl sites for hydroxylation is 1. The second-order valence-corrected chi connectivity index (χ2v) is 4.75. The molecule has 0 amide bonds. The first-order valence-corrected chi connectivity index (χ1v) is 6.59. The summed E-state index contributed by atoms with van der Waals surface area (Å²) in [5.74, 6) is 0. The van der Waals surface area contributed by atoms with E-state index < -0.39 is 0 Å². The molecular formula is C11H15ClN4S2. The third-order valence-corrected chi connectivity index (χ3v) is 2.91. The molecule has 0 aromatic heterocycles. The van der Waals surface area contributed by atoms with E-state index in [4.69, 9.17) is 36.0 Å². The standard InChI is InChI=1S/C11H15ClN4S2/c1-3-13-10(17)15-16-11(18)14-8-5-4-7(2)9(12)6-8/h4-6H,3H2,1-2H3,(H2,13,15,17)(H2,14,16,18). The van der Waals surface area contributed by atoms with Crippen molar-refractivity contribution in [1.82, 2.24) is 16.2 Å². The number of hydrogen-bond acceptors (Lipinski definition) is 2. The summed E-state index contributed by atoms with van der Waals surface area (Å²) in [6, 6.07) is 5.63. The van der Waals surface area contributed by atoms with E-state index in [2.05, 4.69) is 21.5 Å². The van der Waals surface area contributed by atoms with Crippen LogP contribution in [0.3, 0.4) is 0 Å². The lowest BCUT2D eigenvalue weighted by atomic mass is 10.2. The third-order valence-electron chi connectivity index (χ3n) is 2.06. The summed E-state index contributed by atoms with van der Waals surface area (Å²) in [6.45, 7) is 4.65. The SMILES string of the molecule is CCNC(=S)NNC(=S)Nc1ccc(C)c(Cl)c1. The van der Waals surface area contributed by atoms with Gasteiger partial charge in [-0.05, 0) is 56.0 Å². The molecule has 0 spiro atoms. The third kappa shape index (κ3) is 5.03. The van der Waals surface area contributed by atoms with Gasteiger partial charge in [0.1, 0.15) is 0 Å². The Kier molecular flexibility index (Phi) is 6.11. The number of rotatable bonds is 2. The van der Waals surface area contributed by atoms with Gasteiger partial charge in [0.05, 0.1) is 0 Å². The van der Waals surface area contributed by atoms with E-state index in [1.165, 1.54) is 0 Å². The Labute approximate surface area is 122 Å². The minimum Gasteiger partial charge on any atom is -0.362 e. The van der Waals surface area contributed by atoms with Gasteiger partial charge < -0.3 is 10.6 Å². The van der Waals surface area contributed by atoms with E-state index in [1.807, 2.05) is 32.0 Å². The summed E-state index contributed by atoms with van der Waals surface area (Å²) in [5, 5.41) is 7.52. The first kappa shape index (κ1) is 14.9. The molecular weight excluding hydrogens is 288 g/mol. The van der Waals surface area contributed by atoms with Crippen molar-refractivity contribution in [3.63, 3.8) is 0 Å².